The SMILES string of the molecule is O=[N+]([O-])c1ccc(-n2ncnc2-c2ccc(F)cc2)cc1. The predicted molar refractivity (Wildman–Crippen MR) is 73.4 cm³/mol. The molecule has 7 heteroatoms. The van der Waals surface area contributed by atoms with E-state index in [-0.39, 0.29) is 11.5 Å². The predicted octanol–water partition coefficient (Wildman–Crippen LogP) is 2.98. The lowest BCUT2D eigenvalue weighted by atomic mass is 10.2. The number of nitrogens with zero attached hydrogens (tertiary/aromatic N) is 4. The minimum absolute atomic E-state index is 0.00203. The van der Waals surface area contributed by atoms with E-state index < -0.39 is 4.92 Å². The zero-order valence-corrected chi connectivity index (χ0v) is 10.7. The van der Waals surface area contributed by atoms with Gasteiger partial charge in [0.25, 0.3) is 5.69 Å². The second kappa shape index (κ2) is 5.12. The molecule has 0 spiro atoms. The molecule has 0 radical (unpaired) electrons. The van der Waals surface area contributed by atoms with E-state index in [1.807, 2.05) is 0 Å². The van der Waals surface area contributed by atoms with E-state index >= 15 is 0 Å². The van der Waals surface area contributed by atoms with Crippen LogP contribution in [0.25, 0.3) is 17.1 Å². The van der Waals surface area contributed by atoms with Crippen molar-refractivity contribution in [1.82, 2.24) is 14.8 Å². The molecule has 0 saturated carbocycles. The Labute approximate surface area is 118 Å². The summed E-state index contributed by atoms with van der Waals surface area (Å²) in [5.41, 5.74) is 1.34. The molecule has 2 aromatic carbocycles. The Hall–Kier alpha value is -3.09. The summed E-state index contributed by atoms with van der Waals surface area (Å²) in [5, 5.41) is 14.8. The van der Waals surface area contributed by atoms with E-state index in [1.165, 1.54) is 35.3 Å². The average molecular weight is 284 g/mol. The van der Waals surface area contributed by atoms with Crippen LogP contribution in [0.3, 0.4) is 0 Å². The van der Waals surface area contributed by atoms with Crippen LogP contribution >= 0.6 is 0 Å². The van der Waals surface area contributed by atoms with Crippen molar-refractivity contribution in [1.29, 1.82) is 0 Å². The van der Waals surface area contributed by atoms with E-state index in [9.17, 15) is 14.5 Å². The van der Waals surface area contributed by atoms with Crippen LogP contribution in [-0.4, -0.2) is 19.7 Å². The molecule has 0 atom stereocenters. The van der Waals surface area contributed by atoms with Crippen LogP contribution < -0.4 is 0 Å². The molecule has 6 nitrogen and oxygen atoms in total. The standard InChI is InChI=1S/C14H9FN4O2/c15-11-3-1-10(2-4-11)14-16-9-17-18(14)12-5-7-13(8-6-12)19(20)21/h1-9H. The Kier molecular flexibility index (Phi) is 3.15. The van der Waals surface area contributed by atoms with Crippen molar-refractivity contribution < 1.29 is 9.31 Å². The molecule has 0 amide bonds. The van der Waals surface area contributed by atoms with Crippen molar-refractivity contribution >= 4 is 5.69 Å². The summed E-state index contributed by atoms with van der Waals surface area (Å²) in [6, 6.07) is 11.8. The number of nitro benzene ring substituents is 1. The van der Waals surface area contributed by atoms with Crippen LogP contribution in [-0.2, 0) is 0 Å². The lowest BCUT2D eigenvalue weighted by molar-refractivity contribution is -0.384. The largest absolute Gasteiger partial charge is 0.269 e. The highest BCUT2D eigenvalue weighted by atomic mass is 19.1. The first-order valence-electron chi connectivity index (χ1n) is 6.06. The Bertz CT molecular complexity index is 781. The molecule has 0 bridgehead atoms. The minimum atomic E-state index is -0.466. The van der Waals surface area contributed by atoms with Gasteiger partial charge in [-0.25, -0.2) is 14.1 Å². The summed E-state index contributed by atoms with van der Waals surface area (Å²) in [7, 11) is 0. The zero-order valence-electron chi connectivity index (χ0n) is 10.7. The molecule has 1 aromatic heterocycles. The summed E-state index contributed by atoms with van der Waals surface area (Å²) in [4.78, 5) is 14.3. The van der Waals surface area contributed by atoms with Gasteiger partial charge in [0.15, 0.2) is 5.82 Å². The first-order chi connectivity index (χ1) is 10.1. The summed E-state index contributed by atoms with van der Waals surface area (Å²) in [6.45, 7) is 0. The molecule has 0 N–H and O–H groups in total. The number of nitro groups is 1. The number of hydrogen-bond donors (Lipinski definition) is 0. The quantitative estimate of drug-likeness (QED) is 0.547. The third kappa shape index (κ3) is 2.48. The Balaban J connectivity index is 2.02. The molecule has 0 aliphatic carbocycles. The highest BCUT2D eigenvalue weighted by molar-refractivity contribution is 5.58. The molecular weight excluding hydrogens is 275 g/mol. The van der Waals surface area contributed by atoms with Gasteiger partial charge >= 0.3 is 0 Å². The third-order valence-corrected chi connectivity index (χ3v) is 2.96. The molecule has 0 aliphatic rings. The number of aromatic nitrogens is 3. The van der Waals surface area contributed by atoms with Crippen LogP contribution in [0.15, 0.2) is 54.9 Å². The summed E-state index contributed by atoms with van der Waals surface area (Å²) in [6.07, 6.45) is 1.38. The molecule has 3 aromatic rings. The first-order valence-corrected chi connectivity index (χ1v) is 6.06. The van der Waals surface area contributed by atoms with Gasteiger partial charge in [-0.1, -0.05) is 0 Å². The number of hydrogen-bond acceptors (Lipinski definition) is 4. The van der Waals surface area contributed by atoms with Crippen LogP contribution in [0.5, 0.6) is 0 Å². The minimum Gasteiger partial charge on any atom is -0.258 e. The van der Waals surface area contributed by atoms with Gasteiger partial charge in [-0.3, -0.25) is 10.1 Å². The van der Waals surface area contributed by atoms with Crippen molar-refractivity contribution in [3.05, 3.63) is 70.8 Å². The van der Waals surface area contributed by atoms with Crippen molar-refractivity contribution in [2.24, 2.45) is 0 Å². The Morgan fingerprint density at radius 2 is 1.71 bits per heavy atom. The molecular formula is C14H9FN4O2. The maximum atomic E-state index is 13.0. The molecule has 104 valence electrons. The van der Waals surface area contributed by atoms with E-state index in [1.54, 1.807) is 24.3 Å². The summed E-state index contributed by atoms with van der Waals surface area (Å²) >= 11 is 0. The maximum Gasteiger partial charge on any atom is 0.269 e. The van der Waals surface area contributed by atoms with Gasteiger partial charge < -0.3 is 0 Å². The van der Waals surface area contributed by atoms with Crippen LogP contribution in [0.4, 0.5) is 10.1 Å². The number of benzene rings is 2. The smallest absolute Gasteiger partial charge is 0.258 e. The number of halogens is 1. The van der Waals surface area contributed by atoms with Gasteiger partial charge in [0.2, 0.25) is 0 Å². The highest BCUT2D eigenvalue weighted by Gasteiger charge is 2.11. The van der Waals surface area contributed by atoms with Crippen molar-refractivity contribution in [2.45, 2.75) is 0 Å². The first kappa shape index (κ1) is 12.9. The number of rotatable bonds is 3. The third-order valence-electron chi connectivity index (χ3n) is 2.96. The molecule has 0 fully saturated rings. The second-order valence-electron chi connectivity index (χ2n) is 4.28. The fourth-order valence-corrected chi connectivity index (χ4v) is 1.94. The van der Waals surface area contributed by atoms with Gasteiger partial charge in [0.1, 0.15) is 12.1 Å². The average Bonchev–Trinajstić information content (AvgIpc) is 2.97. The van der Waals surface area contributed by atoms with E-state index in [4.69, 9.17) is 0 Å². The topological polar surface area (TPSA) is 73.8 Å². The van der Waals surface area contributed by atoms with Crippen LogP contribution in [0.2, 0.25) is 0 Å². The molecule has 1 heterocycles. The fourth-order valence-electron chi connectivity index (χ4n) is 1.94. The second-order valence-corrected chi connectivity index (χ2v) is 4.28. The Morgan fingerprint density at radius 3 is 2.33 bits per heavy atom. The lowest BCUT2D eigenvalue weighted by Crippen LogP contribution is -2.00. The molecule has 0 saturated heterocycles. The number of non-ortho nitro benzene ring substituents is 1. The van der Waals surface area contributed by atoms with Crippen LogP contribution in [0.1, 0.15) is 0 Å². The van der Waals surface area contributed by atoms with Crippen LogP contribution in [0, 0.1) is 15.9 Å². The lowest BCUT2D eigenvalue weighted by Gasteiger charge is -2.05. The monoisotopic (exact) mass is 284 g/mol. The van der Waals surface area contributed by atoms with Gasteiger partial charge in [0.05, 0.1) is 10.6 Å². The Morgan fingerprint density at radius 1 is 1.05 bits per heavy atom. The van der Waals surface area contributed by atoms with E-state index in [0.717, 1.165) is 0 Å². The van der Waals surface area contributed by atoms with Gasteiger partial charge in [0, 0.05) is 17.7 Å². The van der Waals surface area contributed by atoms with E-state index in [0.29, 0.717) is 17.1 Å². The maximum absolute atomic E-state index is 13.0. The highest BCUT2D eigenvalue weighted by Crippen LogP contribution is 2.21. The van der Waals surface area contributed by atoms with Crippen molar-refractivity contribution in [2.75, 3.05) is 0 Å². The zero-order chi connectivity index (χ0) is 14.8. The van der Waals surface area contributed by atoms with Crippen molar-refractivity contribution in [3.8, 4) is 17.1 Å². The molecule has 3 rings (SSSR count). The van der Waals surface area contributed by atoms with Crippen molar-refractivity contribution in [3.63, 3.8) is 0 Å². The molecule has 0 unspecified atom stereocenters. The van der Waals surface area contributed by atoms with E-state index in [2.05, 4.69) is 10.1 Å². The summed E-state index contributed by atoms with van der Waals surface area (Å²) < 4.78 is 14.5. The fraction of sp³-hybridized carbons (Fsp3) is 0. The van der Waals surface area contributed by atoms with Gasteiger partial charge in [-0.2, -0.15) is 5.10 Å². The van der Waals surface area contributed by atoms with Gasteiger partial charge in [-0.15, -0.1) is 0 Å². The van der Waals surface area contributed by atoms with Gasteiger partial charge in [-0.05, 0) is 36.4 Å². The normalized spacial score (nSPS) is 10.5. The summed E-state index contributed by atoms with van der Waals surface area (Å²) in [5.74, 6) is 0.198. The molecule has 21 heavy (non-hydrogen) atoms. The molecule has 0 aliphatic heterocycles.